The Morgan fingerprint density at radius 2 is 1.16 bits per heavy atom. The molecule has 19 heavy (non-hydrogen) atoms. The van der Waals surface area contributed by atoms with E-state index in [1.807, 2.05) is 4.90 Å². The van der Waals surface area contributed by atoms with E-state index in [4.69, 9.17) is 13.7 Å². The minimum absolute atomic E-state index is 0. The molecule has 0 saturated heterocycles. The third-order valence-electron chi connectivity index (χ3n) is 2.59. The van der Waals surface area contributed by atoms with Gasteiger partial charge in [-0.15, -0.1) is 12.4 Å². The summed E-state index contributed by atoms with van der Waals surface area (Å²) >= 11 is 0. The molecule has 0 aromatic heterocycles. The fourth-order valence-electron chi connectivity index (χ4n) is 1.52. The highest BCUT2D eigenvalue weighted by molar-refractivity contribution is 5.85. The summed E-state index contributed by atoms with van der Waals surface area (Å²) in [6, 6.07) is -3.17. The van der Waals surface area contributed by atoms with E-state index >= 15 is 0 Å². The predicted molar refractivity (Wildman–Crippen MR) is 85.0 cm³/mol. The summed E-state index contributed by atoms with van der Waals surface area (Å²) in [5.74, 6) is 0. The Hall–Kier alpha value is -1.31. The van der Waals surface area contributed by atoms with Crippen LogP contribution >= 0.6 is 12.4 Å². The van der Waals surface area contributed by atoms with Gasteiger partial charge < -0.3 is 4.90 Å². The number of rotatable bonds is 6. The highest BCUT2D eigenvalue weighted by atomic mass is 35.5. The van der Waals surface area contributed by atoms with E-state index in [0.717, 1.165) is 0 Å². The highest BCUT2D eigenvalue weighted by Gasteiger charge is 2.00. The lowest BCUT2D eigenvalue weighted by Gasteiger charge is -2.16. The normalized spacial score (nSPS) is 17.6. The van der Waals surface area contributed by atoms with Gasteiger partial charge in [-0.05, 0) is 31.0 Å². The standard InChI is InChI=1S/C17H21N.ClH/c1-18(14-12-16-8-4-2-5-9-16)15-13-17-10-6-3-7-11-17;/h2-11H,12-15H2,1H3;1H/i2D,3D,4D,5D,6D,7D,8D,9D,10D,11D;. The van der Waals surface area contributed by atoms with Gasteiger partial charge in [0.25, 0.3) is 0 Å². The quantitative estimate of drug-likeness (QED) is 0.780. The predicted octanol–water partition coefficient (Wildman–Crippen LogP) is 3.83. The smallest absolute Gasteiger partial charge is 0.0626 e. The Labute approximate surface area is 136 Å². The topological polar surface area (TPSA) is 3.24 Å². The Balaban J connectivity index is 0.00000420. The summed E-state index contributed by atoms with van der Waals surface area (Å²) in [6.45, 7) is 0.791. The van der Waals surface area contributed by atoms with Crippen LogP contribution in [0.25, 0.3) is 0 Å². The van der Waals surface area contributed by atoms with Crippen LogP contribution in [0.1, 0.15) is 24.8 Å². The van der Waals surface area contributed by atoms with Gasteiger partial charge in [0.15, 0.2) is 0 Å². The van der Waals surface area contributed by atoms with Crippen molar-refractivity contribution in [3.05, 3.63) is 71.6 Å². The molecule has 0 radical (unpaired) electrons. The van der Waals surface area contributed by atoms with Crippen molar-refractivity contribution in [3.63, 3.8) is 0 Å². The van der Waals surface area contributed by atoms with Crippen molar-refractivity contribution < 1.29 is 13.7 Å². The third-order valence-corrected chi connectivity index (χ3v) is 2.59. The van der Waals surface area contributed by atoms with E-state index in [1.54, 1.807) is 7.05 Å². The molecule has 0 unspecified atom stereocenters. The van der Waals surface area contributed by atoms with Gasteiger partial charge in [0.2, 0.25) is 0 Å². The monoisotopic (exact) mass is 285 g/mol. The van der Waals surface area contributed by atoms with Gasteiger partial charge in [-0.1, -0.05) is 60.4 Å². The molecule has 0 N–H and O–H groups in total. The minimum atomic E-state index is -0.423. The maximum Gasteiger partial charge on any atom is 0.0626 e. The SMILES string of the molecule is Cl.[2H]c1c([2H])c([2H])c(CCN(C)CCc2c([2H])c([2H])c([2H])c([2H])c2[2H])c([2H])c1[2H]. The zero-order chi connectivity index (χ0) is 21.3. The number of hydrogen-bond acceptors (Lipinski definition) is 1. The average molecular weight is 286 g/mol. The molecule has 0 heterocycles. The maximum absolute atomic E-state index is 7.94. The summed E-state index contributed by atoms with van der Waals surface area (Å²) in [5, 5.41) is 0. The number of benzene rings is 2. The van der Waals surface area contributed by atoms with Crippen molar-refractivity contribution >= 4 is 12.4 Å². The summed E-state index contributed by atoms with van der Waals surface area (Å²) < 4.78 is 77.8. The number of halogens is 1. The van der Waals surface area contributed by atoms with E-state index in [1.165, 1.54) is 0 Å². The molecule has 2 aromatic rings. The third kappa shape index (κ3) is 5.91. The van der Waals surface area contributed by atoms with E-state index < -0.39 is 12.1 Å². The first-order valence-corrected chi connectivity index (χ1v) is 5.79. The second-order valence-corrected chi connectivity index (χ2v) is 4.01. The Morgan fingerprint density at radius 1 is 0.789 bits per heavy atom. The van der Waals surface area contributed by atoms with Crippen LogP contribution in [-0.4, -0.2) is 25.0 Å². The molecule has 0 saturated carbocycles. The van der Waals surface area contributed by atoms with Crippen molar-refractivity contribution in [2.45, 2.75) is 12.8 Å². The molecule has 2 rings (SSSR count). The first kappa shape index (κ1) is 6.43. The van der Waals surface area contributed by atoms with Gasteiger partial charge in [-0.3, -0.25) is 0 Å². The molecule has 2 heteroatoms. The van der Waals surface area contributed by atoms with Crippen LogP contribution in [0.2, 0.25) is 0 Å². The molecule has 0 aliphatic carbocycles. The molecule has 0 aliphatic rings. The molecule has 0 spiro atoms. The number of hydrogen-bond donors (Lipinski definition) is 0. The van der Waals surface area contributed by atoms with Gasteiger partial charge in [0.05, 0.1) is 13.7 Å². The van der Waals surface area contributed by atoms with Crippen LogP contribution in [0, 0.1) is 0 Å². The number of nitrogens with zero attached hydrogens (tertiary/aromatic N) is 1. The van der Waals surface area contributed by atoms with E-state index in [-0.39, 0.29) is 84.7 Å². The fraction of sp³-hybridized carbons (Fsp3) is 0.294. The van der Waals surface area contributed by atoms with Gasteiger partial charge in [-0.25, -0.2) is 0 Å². The largest absolute Gasteiger partial charge is 0.306 e. The maximum atomic E-state index is 7.94. The van der Waals surface area contributed by atoms with Gasteiger partial charge in [-0.2, -0.15) is 0 Å². The molecule has 0 amide bonds. The highest BCUT2D eigenvalue weighted by Crippen LogP contribution is 2.03. The first-order chi connectivity index (χ1) is 13.0. The van der Waals surface area contributed by atoms with Crippen LogP contribution in [0.15, 0.2) is 60.4 Å². The average Bonchev–Trinajstić information content (AvgIpc) is 2.67. The lowest BCUT2D eigenvalue weighted by molar-refractivity contribution is 0.343. The van der Waals surface area contributed by atoms with Crippen LogP contribution in [0.3, 0.4) is 0 Å². The van der Waals surface area contributed by atoms with Crippen molar-refractivity contribution in [1.29, 1.82) is 0 Å². The second kappa shape index (κ2) is 8.73. The summed E-state index contributed by atoms with van der Waals surface area (Å²) in [5.41, 5.74) is 0.473. The van der Waals surface area contributed by atoms with E-state index in [2.05, 4.69) is 0 Å². The van der Waals surface area contributed by atoms with Crippen LogP contribution in [0.5, 0.6) is 0 Å². The van der Waals surface area contributed by atoms with Gasteiger partial charge in [0, 0.05) is 13.1 Å². The lowest BCUT2D eigenvalue weighted by atomic mass is 10.1. The van der Waals surface area contributed by atoms with Crippen LogP contribution in [-0.2, 0) is 12.8 Å². The Kier molecular flexibility index (Phi) is 2.95. The summed E-state index contributed by atoms with van der Waals surface area (Å²) in [6.07, 6.45) is 0.486. The molecule has 102 valence electrons. The molecule has 2 aromatic carbocycles. The summed E-state index contributed by atoms with van der Waals surface area (Å²) in [7, 11) is 1.77. The minimum Gasteiger partial charge on any atom is -0.306 e. The van der Waals surface area contributed by atoms with Crippen molar-refractivity contribution in [1.82, 2.24) is 4.90 Å². The van der Waals surface area contributed by atoms with Crippen molar-refractivity contribution in [2.24, 2.45) is 0 Å². The zero-order valence-corrected chi connectivity index (χ0v) is 11.5. The van der Waals surface area contributed by atoms with Crippen molar-refractivity contribution in [2.75, 3.05) is 20.1 Å². The van der Waals surface area contributed by atoms with Gasteiger partial charge >= 0.3 is 0 Å². The first-order valence-electron chi connectivity index (χ1n) is 10.8. The molecule has 0 atom stereocenters. The summed E-state index contributed by atoms with van der Waals surface area (Å²) in [4.78, 5) is 1.83. The Morgan fingerprint density at radius 3 is 1.53 bits per heavy atom. The molecule has 0 fully saturated rings. The molecular formula is C17H22ClN. The zero-order valence-electron chi connectivity index (χ0n) is 20.7. The number of likely N-dealkylation sites (N-methyl/N-ethyl adjacent to an activating group) is 1. The lowest BCUT2D eigenvalue weighted by Crippen LogP contribution is -2.23. The molecule has 0 bridgehead atoms. The molecule has 1 nitrogen and oxygen atoms in total. The molecule has 0 aliphatic heterocycles. The van der Waals surface area contributed by atoms with Crippen molar-refractivity contribution in [3.8, 4) is 0 Å². The van der Waals surface area contributed by atoms with E-state index in [0.29, 0.717) is 13.1 Å². The fourth-order valence-corrected chi connectivity index (χ4v) is 1.52. The van der Waals surface area contributed by atoms with Crippen LogP contribution in [0.4, 0.5) is 0 Å². The van der Waals surface area contributed by atoms with Gasteiger partial charge in [0.1, 0.15) is 0 Å². The molecular weight excluding hydrogens is 254 g/mol. The second-order valence-electron chi connectivity index (χ2n) is 4.01. The van der Waals surface area contributed by atoms with Crippen LogP contribution < -0.4 is 0 Å². The van der Waals surface area contributed by atoms with E-state index in [9.17, 15) is 0 Å². The Bertz CT molecular complexity index is 787.